The Morgan fingerprint density at radius 3 is 2.56 bits per heavy atom. The summed E-state index contributed by atoms with van der Waals surface area (Å²) in [5.41, 5.74) is 0.573. The lowest BCUT2D eigenvalue weighted by molar-refractivity contribution is 0.0544. The molecule has 0 atom stereocenters. The molecule has 0 aliphatic carbocycles. The molecule has 0 saturated heterocycles. The molecule has 1 rings (SSSR count). The molecular weight excluding hydrogens is 256 g/mol. The minimum atomic E-state index is -0.0219. The fourth-order valence-corrected chi connectivity index (χ4v) is 1.53. The van der Waals surface area contributed by atoms with E-state index >= 15 is 0 Å². The molecule has 0 N–H and O–H groups in total. The number of hydrogen-bond donors (Lipinski definition) is 0. The highest BCUT2D eigenvalue weighted by Gasteiger charge is 2.05. The fraction of sp³-hybridized carbons (Fsp3) is 0.462. The Balaban J connectivity index is 2.36. The van der Waals surface area contributed by atoms with Crippen LogP contribution in [0.2, 0.25) is 5.02 Å². The molecule has 0 aliphatic heterocycles. The lowest BCUT2D eigenvalue weighted by Gasteiger charge is -2.09. The maximum Gasteiger partial charge on any atom is 0.159 e. The van der Waals surface area contributed by atoms with Crippen LogP contribution in [0.5, 0.6) is 5.75 Å². The van der Waals surface area contributed by atoms with E-state index < -0.39 is 0 Å². The van der Waals surface area contributed by atoms with Gasteiger partial charge in [0.1, 0.15) is 12.4 Å². The second-order valence-corrected chi connectivity index (χ2v) is 4.06. The monoisotopic (exact) mass is 272 g/mol. The average molecular weight is 273 g/mol. The number of halogens is 1. The van der Waals surface area contributed by atoms with Crippen LogP contribution in [0, 0.1) is 0 Å². The van der Waals surface area contributed by atoms with E-state index in [0.29, 0.717) is 42.8 Å². The largest absolute Gasteiger partial charge is 0.490 e. The van der Waals surface area contributed by atoms with Crippen molar-refractivity contribution in [3.63, 3.8) is 0 Å². The van der Waals surface area contributed by atoms with Crippen LogP contribution in [0.15, 0.2) is 18.2 Å². The first kappa shape index (κ1) is 15.0. The van der Waals surface area contributed by atoms with Gasteiger partial charge in [-0.2, -0.15) is 0 Å². The summed E-state index contributed by atoms with van der Waals surface area (Å²) < 4.78 is 15.5. The first-order chi connectivity index (χ1) is 8.65. The standard InChI is InChI=1S/C13H17ClO4/c1-10(15)11-3-4-13(12(14)9-11)18-8-7-17-6-5-16-2/h3-4,9H,5-8H2,1-2H3. The highest BCUT2D eigenvalue weighted by Crippen LogP contribution is 2.25. The number of benzene rings is 1. The zero-order valence-corrected chi connectivity index (χ0v) is 11.3. The number of ether oxygens (including phenoxy) is 3. The molecule has 0 heterocycles. The predicted octanol–water partition coefficient (Wildman–Crippen LogP) is 2.58. The summed E-state index contributed by atoms with van der Waals surface area (Å²) in [6.07, 6.45) is 0. The number of ketones is 1. The van der Waals surface area contributed by atoms with Gasteiger partial charge < -0.3 is 14.2 Å². The molecule has 0 aromatic heterocycles. The third-order valence-corrected chi connectivity index (χ3v) is 2.55. The third kappa shape index (κ3) is 5.04. The zero-order chi connectivity index (χ0) is 13.4. The van der Waals surface area contributed by atoms with Crippen LogP contribution in [0.4, 0.5) is 0 Å². The molecule has 0 aliphatic rings. The molecule has 0 radical (unpaired) electrons. The number of carbonyl (C=O) groups excluding carboxylic acids is 1. The van der Waals surface area contributed by atoms with E-state index in [9.17, 15) is 4.79 Å². The molecular formula is C13H17ClO4. The topological polar surface area (TPSA) is 44.8 Å². The summed E-state index contributed by atoms with van der Waals surface area (Å²) in [5, 5.41) is 0.430. The van der Waals surface area contributed by atoms with Gasteiger partial charge in [-0.25, -0.2) is 0 Å². The van der Waals surface area contributed by atoms with Gasteiger partial charge in [-0.05, 0) is 25.1 Å². The van der Waals surface area contributed by atoms with E-state index in [1.807, 2.05) is 0 Å². The highest BCUT2D eigenvalue weighted by molar-refractivity contribution is 6.32. The molecule has 0 saturated carbocycles. The van der Waals surface area contributed by atoms with Crippen molar-refractivity contribution < 1.29 is 19.0 Å². The van der Waals surface area contributed by atoms with E-state index in [1.54, 1.807) is 25.3 Å². The van der Waals surface area contributed by atoms with Crippen molar-refractivity contribution in [3.05, 3.63) is 28.8 Å². The summed E-state index contributed by atoms with van der Waals surface area (Å²) >= 11 is 6.00. The van der Waals surface area contributed by atoms with E-state index in [0.717, 1.165) is 0 Å². The van der Waals surface area contributed by atoms with Gasteiger partial charge in [0.15, 0.2) is 5.78 Å². The maximum atomic E-state index is 11.1. The Morgan fingerprint density at radius 1 is 1.22 bits per heavy atom. The quantitative estimate of drug-likeness (QED) is 0.539. The van der Waals surface area contributed by atoms with E-state index in [-0.39, 0.29) is 5.78 Å². The van der Waals surface area contributed by atoms with Crippen LogP contribution < -0.4 is 4.74 Å². The Morgan fingerprint density at radius 2 is 1.94 bits per heavy atom. The lowest BCUT2D eigenvalue weighted by atomic mass is 10.1. The number of rotatable bonds is 8. The smallest absolute Gasteiger partial charge is 0.159 e. The molecule has 0 spiro atoms. The number of Topliss-reactive ketones (excluding diaryl/α,β-unsaturated/α-hetero) is 1. The van der Waals surface area contributed by atoms with Crippen molar-refractivity contribution in [2.75, 3.05) is 33.5 Å². The third-order valence-electron chi connectivity index (χ3n) is 2.26. The van der Waals surface area contributed by atoms with Crippen LogP contribution >= 0.6 is 11.6 Å². The maximum absolute atomic E-state index is 11.1. The van der Waals surface area contributed by atoms with E-state index in [4.69, 9.17) is 25.8 Å². The van der Waals surface area contributed by atoms with Gasteiger partial charge in [0.2, 0.25) is 0 Å². The van der Waals surface area contributed by atoms with Crippen molar-refractivity contribution in [1.82, 2.24) is 0 Å². The molecule has 100 valence electrons. The number of carbonyl (C=O) groups is 1. The zero-order valence-electron chi connectivity index (χ0n) is 10.6. The second-order valence-electron chi connectivity index (χ2n) is 3.66. The minimum absolute atomic E-state index is 0.0219. The van der Waals surface area contributed by atoms with Crippen molar-refractivity contribution in [1.29, 1.82) is 0 Å². The first-order valence-corrected chi connectivity index (χ1v) is 6.03. The van der Waals surface area contributed by atoms with Crippen molar-refractivity contribution in [3.8, 4) is 5.75 Å². The number of methoxy groups -OCH3 is 1. The van der Waals surface area contributed by atoms with Crippen LogP contribution in [0.3, 0.4) is 0 Å². The van der Waals surface area contributed by atoms with Gasteiger partial charge in [0.25, 0.3) is 0 Å². The number of hydrogen-bond acceptors (Lipinski definition) is 4. The molecule has 0 fully saturated rings. The van der Waals surface area contributed by atoms with Gasteiger partial charge in [-0.15, -0.1) is 0 Å². The molecule has 18 heavy (non-hydrogen) atoms. The lowest BCUT2D eigenvalue weighted by Crippen LogP contribution is -2.10. The van der Waals surface area contributed by atoms with Gasteiger partial charge in [0.05, 0.1) is 24.8 Å². The summed E-state index contributed by atoms with van der Waals surface area (Å²) in [6, 6.07) is 4.98. The molecule has 0 bridgehead atoms. The highest BCUT2D eigenvalue weighted by atomic mass is 35.5. The van der Waals surface area contributed by atoms with Crippen molar-refractivity contribution in [2.45, 2.75) is 6.92 Å². The van der Waals surface area contributed by atoms with Gasteiger partial charge in [-0.1, -0.05) is 11.6 Å². The van der Waals surface area contributed by atoms with Crippen LogP contribution in [0.1, 0.15) is 17.3 Å². The predicted molar refractivity (Wildman–Crippen MR) is 69.6 cm³/mol. The summed E-state index contributed by atoms with van der Waals surface area (Å²) in [6.45, 7) is 3.47. The Bertz CT molecular complexity index is 393. The van der Waals surface area contributed by atoms with Gasteiger partial charge in [0, 0.05) is 12.7 Å². The Hall–Kier alpha value is -1.10. The molecule has 0 unspecified atom stereocenters. The molecule has 1 aromatic rings. The fourth-order valence-electron chi connectivity index (χ4n) is 1.29. The van der Waals surface area contributed by atoms with Crippen molar-refractivity contribution >= 4 is 17.4 Å². The average Bonchev–Trinajstić information content (AvgIpc) is 2.35. The summed E-state index contributed by atoms with van der Waals surface area (Å²) in [5.74, 6) is 0.531. The van der Waals surface area contributed by atoms with Crippen LogP contribution in [0.25, 0.3) is 0 Å². The Labute approximate surface area is 112 Å². The van der Waals surface area contributed by atoms with E-state index in [2.05, 4.69) is 0 Å². The summed E-state index contributed by atoms with van der Waals surface area (Å²) in [7, 11) is 1.62. The normalized spacial score (nSPS) is 10.4. The summed E-state index contributed by atoms with van der Waals surface area (Å²) in [4.78, 5) is 11.1. The van der Waals surface area contributed by atoms with Crippen molar-refractivity contribution in [2.24, 2.45) is 0 Å². The molecule has 1 aromatic carbocycles. The van der Waals surface area contributed by atoms with Crippen LogP contribution in [-0.2, 0) is 9.47 Å². The molecule has 5 heteroatoms. The van der Waals surface area contributed by atoms with Crippen LogP contribution in [-0.4, -0.2) is 39.3 Å². The van der Waals surface area contributed by atoms with E-state index in [1.165, 1.54) is 6.92 Å². The molecule has 0 amide bonds. The SMILES string of the molecule is COCCOCCOc1ccc(C(C)=O)cc1Cl. The van der Waals surface area contributed by atoms with Gasteiger partial charge in [-0.3, -0.25) is 4.79 Å². The first-order valence-electron chi connectivity index (χ1n) is 5.65. The minimum Gasteiger partial charge on any atom is -0.490 e. The van der Waals surface area contributed by atoms with Gasteiger partial charge >= 0.3 is 0 Å². The second kappa shape index (κ2) is 8.08. The Kier molecular flexibility index (Phi) is 6.72. The molecule has 4 nitrogen and oxygen atoms in total.